The molecule has 3 aromatic rings. The van der Waals surface area contributed by atoms with Gasteiger partial charge in [0.25, 0.3) is 0 Å². The highest BCUT2D eigenvalue weighted by atomic mass is 32.1. The minimum atomic E-state index is -4.47. The number of nitrogens with one attached hydrogen (secondary N) is 2. The maximum Gasteiger partial charge on any atom is 0.406 e. The smallest absolute Gasteiger partial charge is 0.385 e. The molecule has 1 aliphatic heterocycles. The summed E-state index contributed by atoms with van der Waals surface area (Å²) in [4.78, 5) is 11.8. The van der Waals surface area contributed by atoms with Crippen molar-refractivity contribution in [1.29, 1.82) is 0 Å². The Morgan fingerprint density at radius 1 is 1.20 bits per heavy atom. The van der Waals surface area contributed by atoms with Crippen LogP contribution in [0.25, 0.3) is 16.6 Å². The molecule has 2 atom stereocenters. The van der Waals surface area contributed by atoms with Gasteiger partial charge in [0, 0.05) is 58.8 Å². The van der Waals surface area contributed by atoms with E-state index in [-0.39, 0.29) is 24.4 Å². The number of aromatic nitrogens is 1. The van der Waals surface area contributed by atoms with Crippen molar-refractivity contribution in [3.63, 3.8) is 0 Å². The number of alkyl halides is 4. The molecule has 242 valence electrons. The summed E-state index contributed by atoms with van der Waals surface area (Å²) < 4.78 is 57.1. The third-order valence-electron chi connectivity index (χ3n) is 8.18. The molecule has 0 saturated carbocycles. The molecule has 4 rings (SSSR count). The van der Waals surface area contributed by atoms with Crippen LogP contribution < -0.4 is 10.6 Å². The van der Waals surface area contributed by atoms with Crippen LogP contribution in [0.1, 0.15) is 63.6 Å². The summed E-state index contributed by atoms with van der Waals surface area (Å²) in [5.41, 5.74) is 3.17. The monoisotopic (exact) mass is 634 g/mol. The molecule has 1 aromatic carbocycles. The number of nitrogens with zero attached hydrogens (tertiary/aromatic N) is 4. The Morgan fingerprint density at radius 2 is 1.95 bits per heavy atom. The molecule has 3 heterocycles. The molecule has 11 heteroatoms. The molecular formula is C33H46F4N6S. The Morgan fingerprint density at radius 3 is 2.61 bits per heavy atom. The first-order valence-corrected chi connectivity index (χ1v) is 15.5. The summed E-state index contributed by atoms with van der Waals surface area (Å²) in [5.74, 6) is 0.136. The summed E-state index contributed by atoms with van der Waals surface area (Å²) >= 11 is 1.73. The predicted octanol–water partition coefficient (Wildman–Crippen LogP) is 8.14. The highest BCUT2D eigenvalue weighted by molar-refractivity contribution is 7.10. The summed E-state index contributed by atoms with van der Waals surface area (Å²) in [5, 5.41) is 9.24. The van der Waals surface area contributed by atoms with Crippen molar-refractivity contribution in [2.45, 2.75) is 77.8 Å². The zero-order chi connectivity index (χ0) is 31.4. The molecule has 0 aliphatic carbocycles. The Bertz CT molecular complexity index is 1450. The van der Waals surface area contributed by atoms with Crippen molar-refractivity contribution in [1.82, 2.24) is 14.8 Å². The van der Waals surface area contributed by atoms with E-state index in [2.05, 4.69) is 66.1 Å². The predicted molar refractivity (Wildman–Crippen MR) is 179 cm³/mol. The van der Waals surface area contributed by atoms with E-state index in [1.165, 1.54) is 9.44 Å². The van der Waals surface area contributed by atoms with E-state index in [4.69, 9.17) is 0 Å². The lowest BCUT2D eigenvalue weighted by molar-refractivity contribution is -0.139. The number of rotatable bonds is 12. The van der Waals surface area contributed by atoms with Gasteiger partial charge in [0.2, 0.25) is 0 Å². The van der Waals surface area contributed by atoms with Crippen LogP contribution in [0.15, 0.2) is 52.3 Å². The van der Waals surface area contributed by atoms with E-state index in [0.29, 0.717) is 49.1 Å². The van der Waals surface area contributed by atoms with Crippen LogP contribution in [-0.2, 0) is 12.0 Å². The summed E-state index contributed by atoms with van der Waals surface area (Å²) in [6.07, 6.45) is -3.30. The fourth-order valence-corrected chi connectivity index (χ4v) is 6.33. The molecule has 1 saturated heterocycles. The highest BCUT2D eigenvalue weighted by Crippen LogP contribution is 2.34. The van der Waals surface area contributed by atoms with Gasteiger partial charge in [0.15, 0.2) is 5.84 Å². The van der Waals surface area contributed by atoms with E-state index in [1.807, 2.05) is 11.9 Å². The molecule has 1 aliphatic rings. The van der Waals surface area contributed by atoms with Crippen molar-refractivity contribution < 1.29 is 17.6 Å². The first-order chi connectivity index (χ1) is 20.3. The van der Waals surface area contributed by atoms with Gasteiger partial charge >= 0.3 is 6.18 Å². The largest absolute Gasteiger partial charge is 0.406 e. The lowest BCUT2D eigenvalue weighted by Crippen LogP contribution is -2.46. The fraction of sp³-hybridized carbons (Fsp3) is 0.515. The second kappa shape index (κ2) is 14.7. The molecule has 1 fully saturated rings. The van der Waals surface area contributed by atoms with E-state index < -0.39 is 24.9 Å². The van der Waals surface area contributed by atoms with Crippen LogP contribution in [0.3, 0.4) is 0 Å². The van der Waals surface area contributed by atoms with Crippen molar-refractivity contribution in [2.24, 2.45) is 9.98 Å². The van der Waals surface area contributed by atoms with Crippen molar-refractivity contribution in [3.05, 3.63) is 58.4 Å². The molecule has 6 nitrogen and oxygen atoms in total. The van der Waals surface area contributed by atoms with Gasteiger partial charge in [0.05, 0.1) is 17.3 Å². The van der Waals surface area contributed by atoms with E-state index >= 15 is 0 Å². The molecule has 0 radical (unpaired) electrons. The normalized spacial score (nSPS) is 18.2. The van der Waals surface area contributed by atoms with Crippen LogP contribution in [0.2, 0.25) is 0 Å². The summed E-state index contributed by atoms with van der Waals surface area (Å²) in [6, 6.07) is 8.47. The maximum atomic E-state index is 14.8. The number of aliphatic imine (C=N–C) groups is 2. The Balaban J connectivity index is 0.00000529. The van der Waals surface area contributed by atoms with E-state index in [9.17, 15) is 17.6 Å². The van der Waals surface area contributed by atoms with Crippen LogP contribution in [0.5, 0.6) is 0 Å². The fourth-order valence-electron chi connectivity index (χ4n) is 5.21. The van der Waals surface area contributed by atoms with Gasteiger partial charge in [-0.15, -0.1) is 11.3 Å². The number of fused-ring (bicyclic) bond motifs is 1. The number of hydrogen-bond donors (Lipinski definition) is 2. The van der Waals surface area contributed by atoms with E-state index in [1.54, 1.807) is 35.6 Å². The minimum absolute atomic E-state index is 0. The van der Waals surface area contributed by atoms with Gasteiger partial charge < -0.3 is 20.1 Å². The zero-order valence-electron chi connectivity index (χ0n) is 25.4. The summed E-state index contributed by atoms with van der Waals surface area (Å²) in [7, 11) is 1.87. The minimum Gasteiger partial charge on any atom is -0.385 e. The number of benzene rings is 1. The first-order valence-electron chi connectivity index (χ1n) is 14.6. The molecule has 2 aromatic heterocycles. The number of halogens is 4. The van der Waals surface area contributed by atoms with Gasteiger partial charge in [0.1, 0.15) is 12.7 Å². The third-order valence-corrected chi connectivity index (χ3v) is 9.48. The molecule has 0 spiro atoms. The number of amidine groups is 1. The highest BCUT2D eigenvalue weighted by Gasteiger charge is 2.32. The van der Waals surface area contributed by atoms with Crippen molar-refractivity contribution in [3.8, 4) is 0 Å². The van der Waals surface area contributed by atoms with Gasteiger partial charge in [-0.3, -0.25) is 4.99 Å². The number of thiophene rings is 1. The molecule has 0 amide bonds. The number of hydrogen-bond acceptors (Lipinski definition) is 5. The topological polar surface area (TPSA) is 57.0 Å². The lowest BCUT2D eigenvalue weighted by Gasteiger charge is -2.33. The number of piperidine rings is 1. The average molecular weight is 635 g/mol. The molecule has 2 unspecified atom stereocenters. The summed E-state index contributed by atoms with van der Waals surface area (Å²) in [6.45, 7) is 15.1. The SMILES string of the molecule is C.C=NC(=NCCCNC(=C)c1csc(C(C)(C)CC)c1)c1cc2c(NC3CCN(C)CC3F)cccc2n1CC(F)(F)F. The van der Waals surface area contributed by atoms with Gasteiger partial charge in [-0.25, -0.2) is 9.38 Å². The molecular weight excluding hydrogens is 588 g/mol. The second-order valence-electron chi connectivity index (χ2n) is 11.8. The quantitative estimate of drug-likeness (QED) is 0.0916. The van der Waals surface area contributed by atoms with Crippen molar-refractivity contribution >= 4 is 46.2 Å². The second-order valence-corrected chi connectivity index (χ2v) is 12.8. The zero-order valence-corrected chi connectivity index (χ0v) is 26.2. The van der Waals surface area contributed by atoms with Crippen LogP contribution in [0.4, 0.5) is 23.2 Å². The Kier molecular flexibility index (Phi) is 11.8. The van der Waals surface area contributed by atoms with Crippen LogP contribution in [0, 0.1) is 0 Å². The molecule has 0 bridgehead atoms. The third kappa shape index (κ3) is 8.50. The van der Waals surface area contributed by atoms with Gasteiger partial charge in [-0.2, -0.15) is 13.2 Å². The number of anilines is 1. The molecule has 44 heavy (non-hydrogen) atoms. The van der Waals surface area contributed by atoms with Crippen LogP contribution >= 0.6 is 11.3 Å². The molecule has 2 N–H and O–H groups in total. The van der Waals surface area contributed by atoms with Gasteiger partial charge in [-0.1, -0.05) is 40.8 Å². The standard InChI is InChI=1S/C32H42F4N6S.CH4/c1-7-31(3,4)29-16-22(19-43-29)21(2)38-13-9-14-39-30(37-5)28-17-23-25(40-26-12-15-41(6)18-24(26)33)10-8-11-27(23)42(28)20-32(34,35)36;/h8,10-11,16-17,19,24,26,38,40H,2,5,7,9,12-15,18,20H2,1,3-4,6H3;1H4. The Hall–Kier alpha value is -3.18. The first kappa shape index (κ1) is 35.3. The lowest BCUT2D eigenvalue weighted by atomic mass is 9.88. The van der Waals surface area contributed by atoms with Crippen LogP contribution in [-0.4, -0.2) is 73.6 Å². The number of likely N-dealkylation sites (tertiary alicyclic amines) is 1. The average Bonchev–Trinajstić information content (AvgIpc) is 3.58. The van der Waals surface area contributed by atoms with E-state index in [0.717, 1.165) is 24.2 Å². The van der Waals surface area contributed by atoms with Gasteiger partial charge in [-0.05, 0) is 62.7 Å². The maximum absolute atomic E-state index is 14.8. The van der Waals surface area contributed by atoms with Crippen molar-refractivity contribution in [2.75, 3.05) is 38.5 Å². The Labute approximate surface area is 263 Å².